The lowest BCUT2D eigenvalue weighted by Crippen LogP contribution is -2.38. The van der Waals surface area contributed by atoms with Crippen molar-refractivity contribution in [3.05, 3.63) is 57.0 Å². The summed E-state index contributed by atoms with van der Waals surface area (Å²) in [7, 11) is 0. The van der Waals surface area contributed by atoms with Gasteiger partial charge in [0.2, 0.25) is 11.9 Å². The van der Waals surface area contributed by atoms with Crippen LogP contribution < -0.4 is 15.8 Å². The molecule has 1 aliphatic heterocycles. The highest BCUT2D eigenvalue weighted by molar-refractivity contribution is 5.76. The molecule has 29 heavy (non-hydrogen) atoms. The lowest BCUT2D eigenvalue weighted by molar-refractivity contribution is -0.121. The Bertz CT molecular complexity index is 956. The number of aryl methyl sites for hydroxylation is 1. The molecule has 1 aromatic heterocycles. The fraction of sp³-hybridized carbons (Fsp3) is 0.429. The lowest BCUT2D eigenvalue weighted by Gasteiger charge is -2.27. The first-order chi connectivity index (χ1) is 14.0. The van der Waals surface area contributed by atoms with Crippen LogP contribution in [0.4, 0.5) is 5.95 Å². The van der Waals surface area contributed by atoms with E-state index in [2.05, 4.69) is 21.4 Å². The Morgan fingerprint density at radius 1 is 1.34 bits per heavy atom. The molecule has 0 radical (unpaired) electrons. The van der Waals surface area contributed by atoms with E-state index >= 15 is 0 Å². The van der Waals surface area contributed by atoms with Gasteiger partial charge in [-0.25, -0.2) is 4.98 Å². The van der Waals surface area contributed by atoms with Gasteiger partial charge >= 0.3 is 0 Å². The molecule has 1 aliphatic rings. The van der Waals surface area contributed by atoms with Crippen LogP contribution in [-0.4, -0.2) is 42.2 Å². The van der Waals surface area contributed by atoms with Gasteiger partial charge in [-0.05, 0) is 38.0 Å². The molecule has 152 valence electrons. The van der Waals surface area contributed by atoms with Crippen LogP contribution in [0.1, 0.15) is 41.8 Å². The number of nitriles is 1. The minimum Gasteiger partial charge on any atom is -0.378 e. The van der Waals surface area contributed by atoms with Gasteiger partial charge in [0.25, 0.3) is 5.56 Å². The summed E-state index contributed by atoms with van der Waals surface area (Å²) in [6.45, 7) is 6.29. The lowest BCUT2D eigenvalue weighted by atomic mass is 10.1. The van der Waals surface area contributed by atoms with Gasteiger partial charge in [0.05, 0.1) is 30.9 Å². The summed E-state index contributed by atoms with van der Waals surface area (Å²) in [5, 5.41) is 11.8. The van der Waals surface area contributed by atoms with Crippen LogP contribution in [0.25, 0.3) is 0 Å². The standard InChI is InChI=1S/C21H25N5O3/c1-14(17-5-3-16(13-22)4-6-17)23-19(27)8-7-18-15(2)24-21(25-20(18)28)26-9-11-29-12-10-26/h3-6,14H,7-12H2,1-2H3,(H,23,27)(H,24,25,28). The second-order valence-corrected chi connectivity index (χ2v) is 7.08. The van der Waals surface area contributed by atoms with E-state index in [9.17, 15) is 9.59 Å². The molecule has 1 atom stereocenters. The number of anilines is 1. The molecule has 3 rings (SSSR count). The molecule has 2 N–H and O–H groups in total. The van der Waals surface area contributed by atoms with E-state index in [0.717, 1.165) is 5.56 Å². The van der Waals surface area contributed by atoms with Gasteiger partial charge in [-0.2, -0.15) is 5.26 Å². The highest BCUT2D eigenvalue weighted by atomic mass is 16.5. The Morgan fingerprint density at radius 3 is 2.66 bits per heavy atom. The second-order valence-electron chi connectivity index (χ2n) is 7.08. The number of hydrogen-bond donors (Lipinski definition) is 2. The third-order valence-corrected chi connectivity index (χ3v) is 5.04. The molecule has 1 aromatic carbocycles. The van der Waals surface area contributed by atoms with Gasteiger partial charge in [0.15, 0.2) is 0 Å². The first-order valence-corrected chi connectivity index (χ1v) is 9.70. The number of benzene rings is 1. The first kappa shape index (κ1) is 20.6. The zero-order chi connectivity index (χ0) is 20.8. The third-order valence-electron chi connectivity index (χ3n) is 5.04. The average molecular weight is 395 g/mol. The van der Waals surface area contributed by atoms with Crippen LogP contribution in [0.5, 0.6) is 0 Å². The smallest absolute Gasteiger partial charge is 0.255 e. The first-order valence-electron chi connectivity index (χ1n) is 9.70. The van der Waals surface area contributed by atoms with Crippen molar-refractivity contribution in [3.63, 3.8) is 0 Å². The molecule has 1 amide bonds. The van der Waals surface area contributed by atoms with Crippen molar-refractivity contribution >= 4 is 11.9 Å². The average Bonchev–Trinajstić information content (AvgIpc) is 2.73. The number of aromatic amines is 1. The number of aromatic nitrogens is 2. The highest BCUT2D eigenvalue weighted by Crippen LogP contribution is 2.14. The molecule has 1 unspecified atom stereocenters. The maximum Gasteiger partial charge on any atom is 0.255 e. The number of ether oxygens (including phenoxy) is 1. The van der Waals surface area contributed by atoms with Crippen LogP contribution in [0.2, 0.25) is 0 Å². The zero-order valence-corrected chi connectivity index (χ0v) is 16.7. The number of H-pyrrole nitrogens is 1. The molecule has 8 nitrogen and oxygen atoms in total. The molecule has 2 aromatic rings. The topological polar surface area (TPSA) is 111 Å². The Kier molecular flexibility index (Phi) is 6.62. The van der Waals surface area contributed by atoms with E-state index in [4.69, 9.17) is 10.00 Å². The number of carbonyl (C=O) groups is 1. The Labute approximate surface area is 169 Å². The highest BCUT2D eigenvalue weighted by Gasteiger charge is 2.17. The van der Waals surface area contributed by atoms with Crippen molar-refractivity contribution in [1.82, 2.24) is 15.3 Å². The predicted molar refractivity (Wildman–Crippen MR) is 109 cm³/mol. The Morgan fingerprint density at radius 2 is 2.03 bits per heavy atom. The molecular weight excluding hydrogens is 370 g/mol. The van der Waals surface area contributed by atoms with E-state index < -0.39 is 0 Å². The third kappa shape index (κ3) is 5.21. The number of rotatable bonds is 6. The van der Waals surface area contributed by atoms with Crippen molar-refractivity contribution in [2.75, 3.05) is 31.2 Å². The molecule has 8 heteroatoms. The van der Waals surface area contributed by atoms with Gasteiger partial charge in [-0.3, -0.25) is 14.6 Å². The van der Waals surface area contributed by atoms with Gasteiger partial charge in [-0.1, -0.05) is 12.1 Å². The number of hydrogen-bond acceptors (Lipinski definition) is 6. The maximum atomic E-state index is 12.5. The van der Waals surface area contributed by atoms with Crippen molar-refractivity contribution < 1.29 is 9.53 Å². The summed E-state index contributed by atoms with van der Waals surface area (Å²) in [6, 6.07) is 8.99. The van der Waals surface area contributed by atoms with Gasteiger partial charge < -0.3 is 15.0 Å². The van der Waals surface area contributed by atoms with E-state index in [1.807, 2.05) is 24.0 Å². The molecule has 0 spiro atoms. The number of carbonyl (C=O) groups excluding carboxylic acids is 1. The summed E-state index contributed by atoms with van der Waals surface area (Å²) in [6.07, 6.45) is 0.520. The van der Waals surface area contributed by atoms with Gasteiger partial charge in [0.1, 0.15) is 0 Å². The normalized spacial score (nSPS) is 14.9. The van der Waals surface area contributed by atoms with Crippen LogP contribution in [0.15, 0.2) is 29.1 Å². The number of nitrogens with zero attached hydrogens (tertiary/aromatic N) is 3. The molecular formula is C21H25N5O3. The summed E-state index contributed by atoms with van der Waals surface area (Å²) in [4.78, 5) is 34.2. The quantitative estimate of drug-likeness (QED) is 0.768. The molecule has 0 saturated carbocycles. The minimum absolute atomic E-state index is 0.141. The zero-order valence-electron chi connectivity index (χ0n) is 16.7. The predicted octanol–water partition coefficient (Wildman–Crippen LogP) is 1.60. The fourth-order valence-electron chi connectivity index (χ4n) is 3.30. The van der Waals surface area contributed by atoms with Crippen LogP contribution in [-0.2, 0) is 16.0 Å². The minimum atomic E-state index is -0.202. The van der Waals surface area contributed by atoms with Gasteiger partial charge in [0, 0.05) is 30.8 Å². The molecule has 0 bridgehead atoms. The maximum absolute atomic E-state index is 12.5. The summed E-state index contributed by atoms with van der Waals surface area (Å²) >= 11 is 0. The second kappa shape index (κ2) is 9.34. The fourth-order valence-corrected chi connectivity index (χ4v) is 3.30. The van der Waals surface area contributed by atoms with Crippen molar-refractivity contribution in [1.29, 1.82) is 5.26 Å². The monoisotopic (exact) mass is 395 g/mol. The largest absolute Gasteiger partial charge is 0.378 e. The molecule has 0 aliphatic carbocycles. The van der Waals surface area contributed by atoms with E-state index in [1.54, 1.807) is 19.1 Å². The van der Waals surface area contributed by atoms with Crippen molar-refractivity contribution in [3.8, 4) is 6.07 Å². The van der Waals surface area contributed by atoms with Gasteiger partial charge in [-0.15, -0.1) is 0 Å². The van der Waals surface area contributed by atoms with Crippen molar-refractivity contribution in [2.24, 2.45) is 0 Å². The Hall–Kier alpha value is -3.18. The molecule has 1 fully saturated rings. The van der Waals surface area contributed by atoms with Crippen LogP contribution in [0, 0.1) is 18.3 Å². The molecule has 1 saturated heterocycles. The number of amides is 1. The molecule has 2 heterocycles. The summed E-state index contributed by atoms with van der Waals surface area (Å²) in [5.74, 6) is 0.413. The van der Waals surface area contributed by atoms with Crippen LogP contribution >= 0.6 is 0 Å². The number of morpholine rings is 1. The van der Waals surface area contributed by atoms with Crippen molar-refractivity contribution in [2.45, 2.75) is 32.7 Å². The summed E-state index contributed by atoms with van der Waals surface area (Å²) in [5.41, 5.74) is 2.47. The summed E-state index contributed by atoms with van der Waals surface area (Å²) < 4.78 is 5.33. The van der Waals surface area contributed by atoms with E-state index in [0.29, 0.717) is 55.5 Å². The Balaban J connectivity index is 1.59. The van der Waals surface area contributed by atoms with E-state index in [1.165, 1.54) is 0 Å². The SMILES string of the molecule is Cc1nc(N2CCOCC2)[nH]c(=O)c1CCC(=O)NC(C)c1ccc(C#N)cc1. The van der Waals surface area contributed by atoms with Crippen LogP contribution in [0.3, 0.4) is 0 Å². The van der Waals surface area contributed by atoms with E-state index in [-0.39, 0.29) is 23.9 Å². The number of nitrogens with one attached hydrogen (secondary N) is 2.